The van der Waals surface area contributed by atoms with E-state index in [1.165, 1.54) is 23.2 Å². The van der Waals surface area contributed by atoms with Crippen LogP contribution in [0.2, 0.25) is 39.3 Å². The number of rotatable bonds is 4. The molecule has 0 atom stereocenters. The number of hydrogen-bond donors (Lipinski definition) is 0. The Kier molecular flexibility index (Phi) is 15.9. The van der Waals surface area contributed by atoms with Crippen molar-refractivity contribution in [2.24, 2.45) is 0 Å². The fourth-order valence-electron chi connectivity index (χ4n) is 2.29. The molecule has 0 bridgehead atoms. The number of halogens is 2. The predicted octanol–water partition coefficient (Wildman–Crippen LogP) is -0.344. The maximum Gasteiger partial charge on any atom is 4.00 e. The van der Waals surface area contributed by atoms with Gasteiger partial charge in [-0.1, -0.05) is 51.4 Å². The van der Waals surface area contributed by atoms with Crippen molar-refractivity contribution >= 4 is 16.1 Å². The van der Waals surface area contributed by atoms with Crippen LogP contribution < -0.4 is 24.8 Å². The molecule has 0 radical (unpaired) electrons. The van der Waals surface area contributed by atoms with Gasteiger partial charge in [0.15, 0.2) is 0 Å². The van der Waals surface area contributed by atoms with Gasteiger partial charge in [-0.05, 0) is 0 Å². The van der Waals surface area contributed by atoms with Crippen molar-refractivity contribution < 1.29 is 51.0 Å². The molecule has 0 aliphatic carbocycles. The molecule has 0 amide bonds. The minimum Gasteiger partial charge on any atom is -1.00 e. The summed E-state index contributed by atoms with van der Waals surface area (Å²) in [6.45, 7) is 14.4. The van der Waals surface area contributed by atoms with E-state index in [0.29, 0.717) is 0 Å². The summed E-state index contributed by atoms with van der Waals surface area (Å²) in [5.41, 5.74) is 3.03. The van der Waals surface area contributed by atoms with Crippen LogP contribution in [-0.4, -0.2) is 16.1 Å². The zero-order chi connectivity index (χ0) is 15.2. The van der Waals surface area contributed by atoms with Gasteiger partial charge < -0.3 is 24.8 Å². The van der Waals surface area contributed by atoms with Gasteiger partial charge in [0.1, 0.15) is 0 Å². The molecule has 0 saturated carbocycles. The quantitative estimate of drug-likeness (QED) is 0.429. The molecule has 0 nitrogen and oxygen atoms in total. The van der Waals surface area contributed by atoms with Gasteiger partial charge in [-0.25, -0.2) is 24.3 Å². The van der Waals surface area contributed by atoms with Crippen LogP contribution in [0.25, 0.3) is 0 Å². The number of hydrogen-bond acceptors (Lipinski definition) is 0. The van der Waals surface area contributed by atoms with Gasteiger partial charge in [-0.3, -0.25) is 0 Å². The zero-order valence-electron chi connectivity index (χ0n) is 15.3. The molecule has 0 aliphatic heterocycles. The Morgan fingerprint density at radius 2 is 0.783 bits per heavy atom. The first-order chi connectivity index (χ1) is 9.16. The van der Waals surface area contributed by atoms with Crippen LogP contribution in [0.15, 0.2) is 48.5 Å². The molecule has 0 heterocycles. The van der Waals surface area contributed by atoms with Crippen LogP contribution in [0.5, 0.6) is 0 Å². The van der Waals surface area contributed by atoms with E-state index in [1.807, 2.05) is 0 Å². The predicted molar refractivity (Wildman–Crippen MR) is 98.2 cm³/mol. The Hall–Kier alpha value is 0.597. The van der Waals surface area contributed by atoms with E-state index in [4.69, 9.17) is 0 Å². The third-order valence-corrected chi connectivity index (χ3v) is 5.87. The second-order valence-electron chi connectivity index (χ2n) is 8.06. The summed E-state index contributed by atoms with van der Waals surface area (Å²) in [7, 11) is -1.72. The van der Waals surface area contributed by atoms with Gasteiger partial charge >= 0.3 is 26.2 Å². The summed E-state index contributed by atoms with van der Waals surface area (Å²) in [6, 6.07) is 20.0. The Balaban J connectivity index is -0.000000308. The Morgan fingerprint density at radius 1 is 0.565 bits per heavy atom. The molecule has 0 aliphatic rings. The molecule has 0 aromatic heterocycles. The fraction of sp³-hybridized carbons (Fsp3) is 0.444. The van der Waals surface area contributed by atoms with Crippen LogP contribution in [0.3, 0.4) is 0 Å². The summed E-state index contributed by atoms with van der Waals surface area (Å²) in [5, 5.41) is 0. The third-order valence-electron chi connectivity index (χ3n) is 2.93. The Morgan fingerprint density at radius 3 is 0.957 bits per heavy atom. The normalized spacial score (nSPS) is 10.3. The second kappa shape index (κ2) is 12.9. The molecule has 5 heteroatoms. The molecule has 0 unspecified atom stereocenters. The van der Waals surface area contributed by atoms with Crippen LogP contribution in [0, 0.1) is 0 Å². The van der Waals surface area contributed by atoms with E-state index in [-0.39, 0.29) is 51.0 Å². The summed E-state index contributed by atoms with van der Waals surface area (Å²) in [4.78, 5) is 0. The zero-order valence-corrected chi connectivity index (χ0v) is 21.3. The van der Waals surface area contributed by atoms with Gasteiger partial charge in [0, 0.05) is 16.1 Å². The first kappa shape index (κ1) is 28.4. The first-order valence-corrected chi connectivity index (χ1v) is 15.0. The Bertz CT molecular complexity index is 420. The van der Waals surface area contributed by atoms with Crippen molar-refractivity contribution in [2.45, 2.75) is 51.4 Å². The van der Waals surface area contributed by atoms with E-state index in [0.717, 1.165) is 0 Å². The molecule has 23 heavy (non-hydrogen) atoms. The van der Waals surface area contributed by atoms with E-state index in [9.17, 15) is 0 Å². The molecule has 0 fully saturated rings. The van der Waals surface area contributed by atoms with Gasteiger partial charge in [0.25, 0.3) is 0 Å². The topological polar surface area (TPSA) is 0 Å². The smallest absolute Gasteiger partial charge is 1.00 e. The average molecular weight is 465 g/mol. The molecular weight excluding hydrogens is 434 g/mol. The molecule has 2 aromatic rings. The largest absolute Gasteiger partial charge is 4.00 e. The molecule has 0 N–H and O–H groups in total. The van der Waals surface area contributed by atoms with Crippen molar-refractivity contribution in [3.8, 4) is 0 Å². The van der Waals surface area contributed by atoms with Crippen LogP contribution >= 0.6 is 0 Å². The van der Waals surface area contributed by atoms with Gasteiger partial charge in [0.05, 0.1) is 0 Å². The van der Waals surface area contributed by atoms with Crippen molar-refractivity contribution in [3.05, 3.63) is 59.7 Å². The average Bonchev–Trinajstić information content (AvgIpc) is 2.87. The first-order valence-electron chi connectivity index (χ1n) is 7.57. The standard InChI is InChI=1S/2C9H15Si.2ClH.Zr/c2*1-10(2,3)8-9-6-4-5-7-9;;;/h2*4-7H,8H2,1-3H3;2*1H;/q2*-1;;;+4/p-2. The second-order valence-corrected chi connectivity index (χ2v) is 19.0. The summed E-state index contributed by atoms with van der Waals surface area (Å²) in [6.07, 6.45) is 0. The maximum absolute atomic E-state index is 2.40. The summed E-state index contributed by atoms with van der Waals surface area (Å²) < 4.78 is 0. The van der Waals surface area contributed by atoms with Crippen LogP contribution in [0.4, 0.5) is 0 Å². The summed E-state index contributed by atoms with van der Waals surface area (Å²) >= 11 is 0. The molecule has 0 saturated heterocycles. The Labute approximate surface area is 177 Å². The van der Waals surface area contributed by atoms with Crippen molar-refractivity contribution in [1.82, 2.24) is 0 Å². The van der Waals surface area contributed by atoms with E-state index in [1.54, 1.807) is 0 Å². The van der Waals surface area contributed by atoms with E-state index < -0.39 is 16.1 Å². The van der Waals surface area contributed by atoms with Crippen molar-refractivity contribution in [1.29, 1.82) is 0 Å². The molecule has 0 spiro atoms. The van der Waals surface area contributed by atoms with Gasteiger partial charge in [0.2, 0.25) is 0 Å². The van der Waals surface area contributed by atoms with Crippen molar-refractivity contribution in [3.63, 3.8) is 0 Å². The SMILES string of the molecule is C[Si](C)(C)C[c-]1cccc1.C[Si](C)(C)C[c-]1cccc1.[Cl-].[Cl-].[Zr+4]. The molecule has 2 rings (SSSR count). The fourth-order valence-corrected chi connectivity index (χ4v) is 5.21. The van der Waals surface area contributed by atoms with E-state index in [2.05, 4.69) is 87.8 Å². The van der Waals surface area contributed by atoms with Crippen molar-refractivity contribution in [2.75, 3.05) is 0 Å². The van der Waals surface area contributed by atoms with E-state index >= 15 is 0 Å². The van der Waals surface area contributed by atoms with Gasteiger partial charge in [-0.2, -0.15) is 35.4 Å². The van der Waals surface area contributed by atoms with Gasteiger partial charge in [-0.15, -0.1) is 0 Å². The molecule has 2 aromatic carbocycles. The maximum atomic E-state index is 2.40. The van der Waals surface area contributed by atoms with Crippen LogP contribution in [-0.2, 0) is 38.3 Å². The monoisotopic (exact) mass is 462 g/mol. The third kappa shape index (κ3) is 15.8. The van der Waals surface area contributed by atoms with Crippen LogP contribution in [0.1, 0.15) is 11.1 Å². The minimum atomic E-state index is -0.862. The molecule has 128 valence electrons. The minimum absolute atomic E-state index is 0. The molecular formula is C18H30Cl2Si2Zr. The summed E-state index contributed by atoms with van der Waals surface area (Å²) in [5.74, 6) is 0.